The molecule has 2 aromatic rings. The van der Waals surface area contributed by atoms with Gasteiger partial charge in [-0.3, -0.25) is 9.59 Å². The smallest absolute Gasteiger partial charge is 0.330 e. The van der Waals surface area contributed by atoms with Crippen LogP contribution in [0.5, 0.6) is 0 Å². The lowest BCUT2D eigenvalue weighted by atomic mass is 10.1. The number of nitrogens with one attached hydrogen (secondary N) is 1. The van der Waals surface area contributed by atoms with Crippen molar-refractivity contribution in [3.8, 4) is 0 Å². The largest absolute Gasteiger partial charge is 0.418 e. The number of alkyl halides is 3. The summed E-state index contributed by atoms with van der Waals surface area (Å²) >= 11 is 0. The predicted molar refractivity (Wildman–Crippen MR) is 88.1 cm³/mol. The van der Waals surface area contributed by atoms with Crippen LogP contribution in [0.1, 0.15) is 22.8 Å². The average Bonchev–Trinajstić information content (AvgIpc) is 2.59. The molecule has 2 rings (SSSR count). The monoisotopic (exact) mass is 350 g/mol. The van der Waals surface area contributed by atoms with Crippen LogP contribution in [0.4, 0.5) is 18.9 Å². The fourth-order valence-electron chi connectivity index (χ4n) is 2.29. The zero-order valence-corrected chi connectivity index (χ0v) is 13.5. The first-order valence-electron chi connectivity index (χ1n) is 7.63. The van der Waals surface area contributed by atoms with E-state index in [1.54, 1.807) is 37.3 Å². The van der Waals surface area contributed by atoms with E-state index in [4.69, 9.17) is 0 Å². The number of benzene rings is 2. The number of hydrogen-bond donors (Lipinski definition) is 1. The van der Waals surface area contributed by atoms with Crippen molar-refractivity contribution < 1.29 is 22.8 Å². The highest BCUT2D eigenvalue weighted by atomic mass is 19.4. The average molecular weight is 350 g/mol. The Hall–Kier alpha value is -2.83. The van der Waals surface area contributed by atoms with Gasteiger partial charge >= 0.3 is 6.18 Å². The van der Waals surface area contributed by atoms with Crippen molar-refractivity contribution in [3.63, 3.8) is 0 Å². The van der Waals surface area contributed by atoms with Crippen molar-refractivity contribution in [1.29, 1.82) is 0 Å². The van der Waals surface area contributed by atoms with Gasteiger partial charge in [0.2, 0.25) is 5.91 Å². The summed E-state index contributed by atoms with van der Waals surface area (Å²) in [6.07, 6.45) is -4.58. The van der Waals surface area contributed by atoms with E-state index in [0.29, 0.717) is 5.56 Å². The van der Waals surface area contributed by atoms with Crippen LogP contribution in [-0.4, -0.2) is 29.8 Å². The molecule has 0 aromatic heterocycles. The highest BCUT2D eigenvalue weighted by Crippen LogP contribution is 2.34. The van der Waals surface area contributed by atoms with E-state index in [-0.39, 0.29) is 24.7 Å². The predicted octanol–water partition coefficient (Wildman–Crippen LogP) is 3.81. The van der Waals surface area contributed by atoms with Crippen LogP contribution in [0.2, 0.25) is 0 Å². The Bertz CT molecular complexity index is 745. The van der Waals surface area contributed by atoms with Crippen molar-refractivity contribution in [2.24, 2.45) is 0 Å². The Labute approximate surface area is 143 Å². The van der Waals surface area contributed by atoms with Gasteiger partial charge in [0.15, 0.2) is 0 Å². The molecule has 0 heterocycles. The molecule has 0 spiro atoms. The fourth-order valence-corrected chi connectivity index (χ4v) is 2.29. The van der Waals surface area contributed by atoms with E-state index in [2.05, 4.69) is 5.32 Å². The first-order chi connectivity index (χ1) is 11.8. The normalized spacial score (nSPS) is 11.0. The van der Waals surface area contributed by atoms with Gasteiger partial charge in [-0.05, 0) is 31.2 Å². The molecule has 0 aliphatic carbocycles. The highest BCUT2D eigenvalue weighted by Gasteiger charge is 2.33. The number of hydrogen-bond acceptors (Lipinski definition) is 2. The third-order valence-electron chi connectivity index (χ3n) is 3.53. The molecule has 4 nitrogen and oxygen atoms in total. The molecular formula is C18H17F3N2O2. The van der Waals surface area contributed by atoms with Gasteiger partial charge in [-0.2, -0.15) is 13.2 Å². The molecule has 1 N–H and O–H groups in total. The maximum Gasteiger partial charge on any atom is 0.418 e. The molecule has 132 valence electrons. The Kier molecular flexibility index (Phi) is 5.80. The minimum Gasteiger partial charge on any atom is -0.330 e. The number of amides is 2. The highest BCUT2D eigenvalue weighted by molar-refractivity contribution is 5.99. The number of nitrogens with zero attached hydrogens (tertiary/aromatic N) is 1. The number of anilines is 1. The third-order valence-corrected chi connectivity index (χ3v) is 3.53. The molecule has 0 radical (unpaired) electrons. The molecule has 0 unspecified atom stereocenters. The molecule has 2 aromatic carbocycles. The van der Waals surface area contributed by atoms with Crippen molar-refractivity contribution >= 4 is 17.5 Å². The van der Waals surface area contributed by atoms with Crippen molar-refractivity contribution in [1.82, 2.24) is 4.90 Å². The lowest BCUT2D eigenvalue weighted by molar-refractivity contribution is -0.137. The van der Waals surface area contributed by atoms with E-state index in [1.165, 1.54) is 23.1 Å². The molecule has 7 heteroatoms. The van der Waals surface area contributed by atoms with Gasteiger partial charge in [-0.15, -0.1) is 0 Å². The number of halogens is 3. The van der Waals surface area contributed by atoms with Gasteiger partial charge in [0.1, 0.15) is 6.54 Å². The maximum atomic E-state index is 13.0. The number of likely N-dealkylation sites (N-methyl/N-ethyl adjacent to an activating group) is 1. The van der Waals surface area contributed by atoms with Gasteiger partial charge in [0.05, 0.1) is 11.3 Å². The minimum absolute atomic E-state index is 0.252. The van der Waals surface area contributed by atoms with Crippen LogP contribution < -0.4 is 5.32 Å². The number of carbonyl (C=O) groups excluding carboxylic acids is 2. The summed E-state index contributed by atoms with van der Waals surface area (Å²) in [6.45, 7) is 1.61. The Morgan fingerprint density at radius 3 is 2.20 bits per heavy atom. The molecule has 25 heavy (non-hydrogen) atoms. The first kappa shape index (κ1) is 18.5. The summed E-state index contributed by atoms with van der Waals surface area (Å²) in [5.74, 6) is -1.05. The second-order valence-electron chi connectivity index (χ2n) is 5.28. The quantitative estimate of drug-likeness (QED) is 0.892. The number of rotatable bonds is 5. The summed E-state index contributed by atoms with van der Waals surface area (Å²) in [4.78, 5) is 25.7. The number of carbonyl (C=O) groups is 2. The van der Waals surface area contributed by atoms with E-state index < -0.39 is 17.6 Å². The SMILES string of the molecule is CCN(CC(=O)Nc1ccccc1C(F)(F)F)C(=O)c1ccccc1. The second kappa shape index (κ2) is 7.83. The van der Waals surface area contributed by atoms with E-state index in [1.807, 2.05) is 0 Å². The Morgan fingerprint density at radius 1 is 1.00 bits per heavy atom. The van der Waals surface area contributed by atoms with Crippen LogP contribution in [0.3, 0.4) is 0 Å². The van der Waals surface area contributed by atoms with Gasteiger partial charge < -0.3 is 10.2 Å². The zero-order valence-electron chi connectivity index (χ0n) is 13.5. The van der Waals surface area contributed by atoms with Crippen LogP contribution in [0, 0.1) is 0 Å². The fraction of sp³-hybridized carbons (Fsp3) is 0.222. The number of para-hydroxylation sites is 1. The standard InChI is InChI=1S/C18H17F3N2O2/c1-2-23(17(25)13-8-4-3-5-9-13)12-16(24)22-15-11-7-6-10-14(15)18(19,20)21/h3-11H,2,12H2,1H3,(H,22,24). The zero-order chi connectivity index (χ0) is 18.4. The summed E-state index contributed by atoms with van der Waals surface area (Å²) in [6, 6.07) is 13.1. The first-order valence-corrected chi connectivity index (χ1v) is 7.63. The summed E-state index contributed by atoms with van der Waals surface area (Å²) in [7, 11) is 0. The van der Waals surface area contributed by atoms with Crippen molar-refractivity contribution in [2.45, 2.75) is 13.1 Å². The van der Waals surface area contributed by atoms with Crippen molar-refractivity contribution in [2.75, 3.05) is 18.4 Å². The Balaban J connectivity index is 2.10. The lowest BCUT2D eigenvalue weighted by Gasteiger charge is -2.21. The van der Waals surface area contributed by atoms with Gasteiger partial charge in [0.25, 0.3) is 5.91 Å². The molecule has 0 saturated carbocycles. The molecule has 2 amide bonds. The van der Waals surface area contributed by atoms with Crippen LogP contribution >= 0.6 is 0 Å². The molecule has 0 bridgehead atoms. The van der Waals surface area contributed by atoms with Crippen LogP contribution in [-0.2, 0) is 11.0 Å². The minimum atomic E-state index is -4.58. The third kappa shape index (κ3) is 4.82. The van der Waals surface area contributed by atoms with Crippen LogP contribution in [0.15, 0.2) is 54.6 Å². The van der Waals surface area contributed by atoms with Gasteiger partial charge in [-0.25, -0.2) is 0 Å². The van der Waals surface area contributed by atoms with E-state index >= 15 is 0 Å². The Morgan fingerprint density at radius 2 is 1.60 bits per heavy atom. The van der Waals surface area contributed by atoms with E-state index in [9.17, 15) is 22.8 Å². The van der Waals surface area contributed by atoms with E-state index in [0.717, 1.165) is 6.07 Å². The molecule has 0 saturated heterocycles. The second-order valence-corrected chi connectivity index (χ2v) is 5.28. The topological polar surface area (TPSA) is 49.4 Å². The molecular weight excluding hydrogens is 333 g/mol. The van der Waals surface area contributed by atoms with Crippen molar-refractivity contribution in [3.05, 3.63) is 65.7 Å². The van der Waals surface area contributed by atoms with Gasteiger partial charge in [0, 0.05) is 12.1 Å². The molecule has 0 aliphatic heterocycles. The summed E-state index contributed by atoms with van der Waals surface area (Å²) < 4.78 is 38.9. The summed E-state index contributed by atoms with van der Waals surface area (Å²) in [5, 5.41) is 2.24. The van der Waals surface area contributed by atoms with Crippen LogP contribution in [0.25, 0.3) is 0 Å². The maximum absolute atomic E-state index is 13.0. The lowest BCUT2D eigenvalue weighted by Crippen LogP contribution is -2.38. The van der Waals surface area contributed by atoms with Gasteiger partial charge in [-0.1, -0.05) is 30.3 Å². The molecule has 0 atom stereocenters. The molecule has 0 aliphatic rings. The molecule has 0 fully saturated rings. The summed E-state index contributed by atoms with van der Waals surface area (Å²) in [5.41, 5.74) is -0.850.